The number of hydrogen-bond donors (Lipinski definition) is 1. The molecule has 1 aliphatic rings. The molecule has 0 radical (unpaired) electrons. The summed E-state index contributed by atoms with van der Waals surface area (Å²) in [5.74, 6) is -1.33. The van der Waals surface area contributed by atoms with Gasteiger partial charge in [-0.1, -0.05) is 0 Å². The highest BCUT2D eigenvalue weighted by atomic mass is 32.1. The van der Waals surface area contributed by atoms with Crippen LogP contribution in [-0.4, -0.2) is 20.6 Å². The maximum atomic E-state index is 15.0. The van der Waals surface area contributed by atoms with Crippen LogP contribution in [0, 0.1) is 17.1 Å². The number of carbonyl (C=O) groups is 1. The third kappa shape index (κ3) is 2.33. The first-order chi connectivity index (χ1) is 12.0. The second-order valence-corrected chi connectivity index (χ2v) is 7.27. The van der Waals surface area contributed by atoms with Gasteiger partial charge in [-0.25, -0.2) is 14.2 Å². The highest BCUT2D eigenvalue weighted by molar-refractivity contribution is 7.16. The van der Waals surface area contributed by atoms with Crippen molar-refractivity contribution in [2.75, 3.05) is 0 Å². The van der Waals surface area contributed by atoms with Crippen LogP contribution >= 0.6 is 11.3 Å². The van der Waals surface area contributed by atoms with E-state index in [9.17, 15) is 14.4 Å². The number of carboxylic acid groups (broad SMARTS) is 1. The van der Waals surface area contributed by atoms with Gasteiger partial charge in [0.25, 0.3) is 0 Å². The molecule has 0 saturated heterocycles. The highest BCUT2D eigenvalue weighted by Gasteiger charge is 2.26. The smallest absolute Gasteiger partial charge is 0.347 e. The first kappa shape index (κ1) is 15.8. The standard InChI is InChI=1S/C18H14FN3O2S/c1-9-3-2-4-13-15(19)12-6-10(5-11(7-20)16(12)22(9)13)17-21-8-14(25-17)18(23)24/h5-6,8-9H,2-4H2,1H3,(H,23,24)/t9-/m1/s1. The van der Waals surface area contributed by atoms with Gasteiger partial charge in [0.2, 0.25) is 0 Å². The van der Waals surface area contributed by atoms with E-state index in [1.807, 2.05) is 11.5 Å². The summed E-state index contributed by atoms with van der Waals surface area (Å²) in [7, 11) is 0. The number of rotatable bonds is 2. The van der Waals surface area contributed by atoms with Gasteiger partial charge in [0.05, 0.1) is 23.0 Å². The summed E-state index contributed by atoms with van der Waals surface area (Å²) < 4.78 is 16.9. The minimum Gasteiger partial charge on any atom is -0.477 e. The zero-order chi connectivity index (χ0) is 17.7. The molecule has 7 heteroatoms. The molecule has 0 saturated carbocycles. The number of halogens is 1. The highest BCUT2D eigenvalue weighted by Crippen LogP contribution is 2.39. The number of carboxylic acids is 1. The van der Waals surface area contributed by atoms with Gasteiger partial charge in [-0.15, -0.1) is 11.3 Å². The number of aromatic nitrogens is 2. The number of benzene rings is 1. The molecule has 25 heavy (non-hydrogen) atoms. The van der Waals surface area contributed by atoms with E-state index < -0.39 is 5.97 Å². The zero-order valence-corrected chi connectivity index (χ0v) is 14.2. The lowest BCUT2D eigenvalue weighted by Gasteiger charge is -2.23. The Morgan fingerprint density at radius 2 is 2.32 bits per heavy atom. The molecule has 2 aromatic heterocycles. The number of fused-ring (bicyclic) bond motifs is 3. The molecule has 5 nitrogen and oxygen atoms in total. The van der Waals surface area contributed by atoms with E-state index in [1.54, 1.807) is 12.1 Å². The molecule has 126 valence electrons. The lowest BCUT2D eigenvalue weighted by Crippen LogP contribution is -2.15. The van der Waals surface area contributed by atoms with Gasteiger partial charge in [0.1, 0.15) is 16.0 Å². The second kappa shape index (κ2) is 5.67. The van der Waals surface area contributed by atoms with Crippen LogP contribution in [0.1, 0.15) is 46.7 Å². The molecule has 1 aromatic carbocycles. The van der Waals surface area contributed by atoms with Crippen molar-refractivity contribution in [2.45, 2.75) is 32.2 Å². The predicted molar refractivity (Wildman–Crippen MR) is 92.3 cm³/mol. The Bertz CT molecular complexity index is 1060. The van der Waals surface area contributed by atoms with Crippen molar-refractivity contribution in [3.63, 3.8) is 0 Å². The number of hydrogen-bond acceptors (Lipinski definition) is 4. The quantitative estimate of drug-likeness (QED) is 0.740. The van der Waals surface area contributed by atoms with Crippen LogP contribution in [0.3, 0.4) is 0 Å². The van der Waals surface area contributed by atoms with E-state index in [1.165, 1.54) is 6.20 Å². The molecule has 0 bridgehead atoms. The van der Waals surface area contributed by atoms with Crippen LogP contribution in [0.25, 0.3) is 21.5 Å². The van der Waals surface area contributed by atoms with Crippen LogP contribution in [0.5, 0.6) is 0 Å². The molecule has 1 aliphatic heterocycles. The van der Waals surface area contributed by atoms with Crippen molar-refractivity contribution in [1.82, 2.24) is 9.55 Å². The maximum absolute atomic E-state index is 15.0. The number of nitriles is 1. The SMILES string of the molecule is C[C@@H]1CCCc2c(F)c3cc(-c4ncc(C(=O)O)s4)cc(C#N)c3n21. The second-order valence-electron chi connectivity index (χ2n) is 6.24. The Kier molecular flexibility index (Phi) is 3.58. The summed E-state index contributed by atoms with van der Waals surface area (Å²) in [5, 5.41) is 19.5. The molecule has 0 fully saturated rings. The van der Waals surface area contributed by atoms with Crippen molar-refractivity contribution in [3.05, 3.63) is 40.3 Å². The van der Waals surface area contributed by atoms with E-state index in [4.69, 9.17) is 5.11 Å². The molecule has 0 unspecified atom stereocenters. The lowest BCUT2D eigenvalue weighted by atomic mass is 10.0. The van der Waals surface area contributed by atoms with Gasteiger partial charge in [0.15, 0.2) is 5.82 Å². The molecule has 0 spiro atoms. The van der Waals surface area contributed by atoms with E-state index in [0.29, 0.717) is 39.2 Å². The Labute approximate surface area is 147 Å². The summed E-state index contributed by atoms with van der Waals surface area (Å²) >= 11 is 1.01. The van der Waals surface area contributed by atoms with Crippen molar-refractivity contribution in [2.24, 2.45) is 0 Å². The first-order valence-corrected chi connectivity index (χ1v) is 8.78. The fourth-order valence-corrected chi connectivity index (χ4v) is 4.33. The minimum atomic E-state index is -1.05. The van der Waals surface area contributed by atoms with E-state index >= 15 is 0 Å². The maximum Gasteiger partial charge on any atom is 0.347 e. The van der Waals surface area contributed by atoms with E-state index in [2.05, 4.69) is 11.1 Å². The monoisotopic (exact) mass is 355 g/mol. The fraction of sp³-hybridized carbons (Fsp3) is 0.278. The van der Waals surface area contributed by atoms with Crippen LogP contribution in [0.2, 0.25) is 0 Å². The molecule has 1 atom stereocenters. The summed E-state index contributed by atoms with van der Waals surface area (Å²) in [6, 6.07) is 5.65. The predicted octanol–water partition coefficient (Wildman–Crippen LogP) is 4.37. The van der Waals surface area contributed by atoms with Crippen molar-refractivity contribution in [1.29, 1.82) is 5.26 Å². The number of thiazole rings is 1. The van der Waals surface area contributed by atoms with Gasteiger partial charge in [-0.2, -0.15) is 5.26 Å². The van der Waals surface area contributed by atoms with Crippen LogP contribution in [0.4, 0.5) is 4.39 Å². The molecular formula is C18H14FN3O2S. The fourth-order valence-electron chi connectivity index (χ4n) is 3.58. The third-order valence-corrected chi connectivity index (χ3v) is 5.73. The first-order valence-electron chi connectivity index (χ1n) is 7.97. The third-order valence-electron chi connectivity index (χ3n) is 4.69. The average Bonchev–Trinajstić information content (AvgIpc) is 3.20. The summed E-state index contributed by atoms with van der Waals surface area (Å²) in [4.78, 5) is 15.3. The topological polar surface area (TPSA) is 78.9 Å². The number of aromatic carboxylic acids is 1. The molecule has 4 rings (SSSR count). The Morgan fingerprint density at radius 1 is 1.52 bits per heavy atom. The van der Waals surface area contributed by atoms with Gasteiger partial charge < -0.3 is 9.67 Å². The molecule has 3 aromatic rings. The summed E-state index contributed by atoms with van der Waals surface area (Å²) in [6.45, 7) is 2.04. The van der Waals surface area contributed by atoms with E-state index in [0.717, 1.165) is 24.2 Å². The van der Waals surface area contributed by atoms with Gasteiger partial charge >= 0.3 is 5.97 Å². The van der Waals surface area contributed by atoms with Crippen LogP contribution < -0.4 is 0 Å². The van der Waals surface area contributed by atoms with E-state index in [-0.39, 0.29) is 16.7 Å². The molecular weight excluding hydrogens is 341 g/mol. The van der Waals surface area contributed by atoms with Gasteiger partial charge in [0, 0.05) is 17.0 Å². The normalized spacial score (nSPS) is 16.6. The minimum absolute atomic E-state index is 0.110. The van der Waals surface area contributed by atoms with Crippen molar-refractivity contribution >= 4 is 28.2 Å². The zero-order valence-electron chi connectivity index (χ0n) is 13.4. The van der Waals surface area contributed by atoms with Crippen molar-refractivity contribution < 1.29 is 14.3 Å². The Morgan fingerprint density at radius 3 is 3.00 bits per heavy atom. The lowest BCUT2D eigenvalue weighted by molar-refractivity contribution is 0.0702. The summed E-state index contributed by atoms with van der Waals surface area (Å²) in [6.07, 6.45) is 3.82. The van der Waals surface area contributed by atoms with Gasteiger partial charge in [-0.3, -0.25) is 0 Å². The average molecular weight is 355 g/mol. The molecule has 0 amide bonds. The summed E-state index contributed by atoms with van der Waals surface area (Å²) in [5.41, 5.74) is 2.23. The van der Waals surface area contributed by atoms with Crippen LogP contribution in [-0.2, 0) is 6.42 Å². The largest absolute Gasteiger partial charge is 0.477 e. The molecule has 0 aliphatic carbocycles. The number of nitrogens with zero attached hydrogens (tertiary/aromatic N) is 3. The van der Waals surface area contributed by atoms with Crippen LogP contribution in [0.15, 0.2) is 18.3 Å². The Hall–Kier alpha value is -2.72. The molecule has 1 N–H and O–H groups in total. The van der Waals surface area contributed by atoms with Gasteiger partial charge in [-0.05, 0) is 38.3 Å². The van der Waals surface area contributed by atoms with Crippen molar-refractivity contribution in [3.8, 4) is 16.6 Å². The Balaban J connectivity index is 1.99. The molecule has 3 heterocycles.